The summed E-state index contributed by atoms with van der Waals surface area (Å²) in [4.78, 5) is 20.6. The molecule has 0 saturated carbocycles. The van der Waals surface area contributed by atoms with E-state index >= 15 is 0 Å². The molecule has 0 fully saturated rings. The smallest absolute Gasteiger partial charge is 0.175 e. The van der Waals surface area contributed by atoms with Gasteiger partial charge in [0.05, 0.1) is 11.1 Å². The molecular weight excluding hydrogens is 226 g/mol. The first kappa shape index (κ1) is 12.2. The van der Waals surface area contributed by atoms with Gasteiger partial charge < -0.3 is 5.73 Å². The number of pyridine rings is 2. The highest BCUT2D eigenvalue weighted by molar-refractivity contribution is 6.03. The lowest BCUT2D eigenvalue weighted by Crippen LogP contribution is -2.30. The van der Waals surface area contributed by atoms with Gasteiger partial charge in [-0.25, -0.2) is 4.98 Å². The monoisotopic (exact) mass is 241 g/mol. The van der Waals surface area contributed by atoms with Gasteiger partial charge in [0.15, 0.2) is 5.78 Å². The van der Waals surface area contributed by atoms with Gasteiger partial charge in [0.2, 0.25) is 0 Å². The maximum absolute atomic E-state index is 12.5. The number of carbonyl (C=O) groups is 1. The Balaban J connectivity index is 2.36. The first-order chi connectivity index (χ1) is 8.51. The number of nitrogens with zero attached hydrogens (tertiary/aromatic N) is 2. The van der Waals surface area contributed by atoms with E-state index in [1.807, 2.05) is 32.0 Å². The minimum atomic E-state index is -0.681. The van der Waals surface area contributed by atoms with Crippen molar-refractivity contribution in [3.05, 3.63) is 54.0 Å². The van der Waals surface area contributed by atoms with E-state index in [0.29, 0.717) is 11.4 Å². The predicted molar refractivity (Wildman–Crippen MR) is 70.2 cm³/mol. The van der Waals surface area contributed by atoms with Gasteiger partial charge in [0, 0.05) is 18.0 Å². The van der Waals surface area contributed by atoms with Crippen LogP contribution in [0.3, 0.4) is 0 Å². The molecule has 2 aromatic rings. The van der Waals surface area contributed by atoms with Crippen molar-refractivity contribution in [3.63, 3.8) is 0 Å². The van der Waals surface area contributed by atoms with Crippen LogP contribution in [0.5, 0.6) is 0 Å². The fourth-order valence-electron chi connectivity index (χ4n) is 1.75. The normalized spacial score (nSPS) is 11.2. The van der Waals surface area contributed by atoms with Crippen LogP contribution in [0, 0.1) is 0 Å². The predicted octanol–water partition coefficient (Wildman–Crippen LogP) is 2.22. The second-order valence-electron chi connectivity index (χ2n) is 4.64. The standard InChI is InChI=1S/C14H15N3O/c1-14(2,11-5-3-4-8-16-11)13(18)10-6-7-12(15)17-9-10/h3-9H,1-2H3,(H2,15,17). The number of anilines is 1. The Morgan fingerprint density at radius 1 is 1.17 bits per heavy atom. The molecule has 0 atom stereocenters. The first-order valence-corrected chi connectivity index (χ1v) is 5.69. The number of rotatable bonds is 3. The summed E-state index contributed by atoms with van der Waals surface area (Å²) in [6, 6.07) is 8.87. The van der Waals surface area contributed by atoms with Gasteiger partial charge in [0.1, 0.15) is 5.82 Å². The molecule has 4 heteroatoms. The highest BCUT2D eigenvalue weighted by Crippen LogP contribution is 2.25. The van der Waals surface area contributed by atoms with Crippen LogP contribution in [0.2, 0.25) is 0 Å². The summed E-state index contributed by atoms with van der Waals surface area (Å²) in [7, 11) is 0. The third kappa shape index (κ3) is 2.22. The number of Topliss-reactive ketones (excluding diaryl/α,β-unsaturated/α-hetero) is 1. The van der Waals surface area contributed by atoms with E-state index in [9.17, 15) is 4.79 Å². The average Bonchev–Trinajstić information content (AvgIpc) is 2.40. The van der Waals surface area contributed by atoms with Crippen LogP contribution in [-0.4, -0.2) is 15.8 Å². The van der Waals surface area contributed by atoms with Gasteiger partial charge in [0.25, 0.3) is 0 Å². The van der Waals surface area contributed by atoms with Gasteiger partial charge in [-0.3, -0.25) is 9.78 Å². The third-order valence-electron chi connectivity index (χ3n) is 2.92. The van der Waals surface area contributed by atoms with Crippen molar-refractivity contribution in [2.75, 3.05) is 5.73 Å². The molecule has 0 unspecified atom stereocenters. The van der Waals surface area contributed by atoms with Crippen LogP contribution in [-0.2, 0) is 5.41 Å². The van der Waals surface area contributed by atoms with E-state index in [2.05, 4.69) is 9.97 Å². The van der Waals surface area contributed by atoms with Gasteiger partial charge in [-0.2, -0.15) is 0 Å². The molecule has 0 amide bonds. The molecule has 0 aromatic carbocycles. The number of ketones is 1. The summed E-state index contributed by atoms with van der Waals surface area (Å²) < 4.78 is 0. The fourth-order valence-corrected chi connectivity index (χ4v) is 1.75. The molecule has 0 saturated heterocycles. The van der Waals surface area contributed by atoms with Gasteiger partial charge >= 0.3 is 0 Å². The molecule has 2 heterocycles. The molecular formula is C14H15N3O. The molecule has 4 nitrogen and oxygen atoms in total. The summed E-state index contributed by atoms with van der Waals surface area (Å²) in [5.41, 5.74) is 6.11. The zero-order valence-electron chi connectivity index (χ0n) is 10.4. The molecule has 2 N–H and O–H groups in total. The summed E-state index contributed by atoms with van der Waals surface area (Å²) in [5, 5.41) is 0. The lowest BCUT2D eigenvalue weighted by molar-refractivity contribution is 0.0905. The van der Waals surface area contributed by atoms with Crippen LogP contribution in [0.1, 0.15) is 29.9 Å². The van der Waals surface area contributed by atoms with Crippen molar-refractivity contribution < 1.29 is 4.79 Å². The van der Waals surface area contributed by atoms with Crippen LogP contribution in [0.15, 0.2) is 42.7 Å². The van der Waals surface area contributed by atoms with Crippen LogP contribution in [0.4, 0.5) is 5.82 Å². The summed E-state index contributed by atoms with van der Waals surface area (Å²) in [5.74, 6) is 0.385. The van der Waals surface area contributed by atoms with E-state index in [4.69, 9.17) is 5.73 Å². The Morgan fingerprint density at radius 2 is 1.94 bits per heavy atom. The molecule has 0 spiro atoms. The maximum Gasteiger partial charge on any atom is 0.175 e. The molecule has 0 aliphatic heterocycles. The van der Waals surface area contributed by atoms with Crippen LogP contribution in [0.25, 0.3) is 0 Å². The van der Waals surface area contributed by atoms with Crippen LogP contribution < -0.4 is 5.73 Å². The van der Waals surface area contributed by atoms with E-state index in [-0.39, 0.29) is 5.78 Å². The molecule has 0 aliphatic carbocycles. The SMILES string of the molecule is CC(C)(C(=O)c1ccc(N)nc1)c1ccccn1. The van der Waals surface area contributed by atoms with Crippen molar-refractivity contribution in [3.8, 4) is 0 Å². The highest BCUT2D eigenvalue weighted by Gasteiger charge is 2.31. The summed E-state index contributed by atoms with van der Waals surface area (Å²) in [6.45, 7) is 3.71. The van der Waals surface area contributed by atoms with Crippen molar-refractivity contribution in [1.82, 2.24) is 9.97 Å². The number of nitrogens with two attached hydrogens (primary N) is 1. The van der Waals surface area contributed by atoms with Gasteiger partial charge in [-0.1, -0.05) is 6.07 Å². The van der Waals surface area contributed by atoms with Crippen molar-refractivity contribution in [1.29, 1.82) is 0 Å². The average molecular weight is 241 g/mol. The molecule has 2 aromatic heterocycles. The largest absolute Gasteiger partial charge is 0.384 e. The molecule has 2 rings (SSSR count). The lowest BCUT2D eigenvalue weighted by atomic mass is 9.81. The van der Waals surface area contributed by atoms with Crippen LogP contribution >= 0.6 is 0 Å². The Kier molecular flexibility index (Phi) is 3.10. The number of aromatic nitrogens is 2. The maximum atomic E-state index is 12.5. The lowest BCUT2D eigenvalue weighted by Gasteiger charge is -2.22. The van der Waals surface area contributed by atoms with E-state index < -0.39 is 5.41 Å². The fraction of sp³-hybridized carbons (Fsp3) is 0.214. The van der Waals surface area contributed by atoms with E-state index in [0.717, 1.165) is 5.69 Å². The first-order valence-electron chi connectivity index (χ1n) is 5.69. The third-order valence-corrected chi connectivity index (χ3v) is 2.92. The number of carbonyl (C=O) groups excluding carboxylic acids is 1. The Labute approximate surface area is 106 Å². The highest BCUT2D eigenvalue weighted by atomic mass is 16.1. The topological polar surface area (TPSA) is 68.9 Å². The zero-order valence-corrected chi connectivity index (χ0v) is 10.4. The molecule has 18 heavy (non-hydrogen) atoms. The Bertz CT molecular complexity index is 547. The number of hydrogen-bond acceptors (Lipinski definition) is 4. The molecule has 0 aliphatic rings. The quantitative estimate of drug-likeness (QED) is 0.836. The summed E-state index contributed by atoms with van der Waals surface area (Å²) in [6.07, 6.45) is 3.19. The molecule has 0 bridgehead atoms. The number of hydrogen-bond donors (Lipinski definition) is 1. The van der Waals surface area contributed by atoms with Crippen molar-refractivity contribution in [2.24, 2.45) is 0 Å². The molecule has 92 valence electrons. The number of nitrogen functional groups attached to an aromatic ring is 1. The van der Waals surface area contributed by atoms with Crippen molar-refractivity contribution in [2.45, 2.75) is 19.3 Å². The Morgan fingerprint density at radius 3 is 2.50 bits per heavy atom. The second-order valence-corrected chi connectivity index (χ2v) is 4.64. The van der Waals surface area contributed by atoms with E-state index in [1.54, 1.807) is 18.3 Å². The van der Waals surface area contributed by atoms with Gasteiger partial charge in [-0.15, -0.1) is 0 Å². The minimum Gasteiger partial charge on any atom is -0.384 e. The zero-order chi connectivity index (χ0) is 13.2. The minimum absolute atomic E-state index is 0.0197. The second kappa shape index (κ2) is 4.56. The summed E-state index contributed by atoms with van der Waals surface area (Å²) >= 11 is 0. The Hall–Kier alpha value is -2.23. The van der Waals surface area contributed by atoms with E-state index in [1.165, 1.54) is 6.20 Å². The molecule has 0 radical (unpaired) electrons. The van der Waals surface area contributed by atoms with Gasteiger partial charge in [-0.05, 0) is 38.1 Å². The van der Waals surface area contributed by atoms with Crippen molar-refractivity contribution >= 4 is 11.6 Å².